The molecule has 5 unspecified atom stereocenters. The van der Waals surface area contributed by atoms with Gasteiger partial charge in [0.05, 0.1) is 6.10 Å². The lowest BCUT2D eigenvalue weighted by Crippen LogP contribution is -2.57. The molecule has 1 heterocycles. The van der Waals surface area contributed by atoms with E-state index in [4.69, 9.17) is 4.74 Å². The molecule has 6 nitrogen and oxygen atoms in total. The zero-order valence-corrected chi connectivity index (χ0v) is 13.8. The molecule has 0 spiro atoms. The Hall–Kier alpha value is -1.78. The number of phenolic OH excluding ortho intramolecular Hbond substituents is 2. The van der Waals surface area contributed by atoms with Crippen molar-refractivity contribution in [1.29, 1.82) is 0 Å². The maximum absolute atomic E-state index is 10.1. The van der Waals surface area contributed by atoms with Crippen LogP contribution in [0.25, 0.3) is 0 Å². The number of aryl methyl sites for hydroxylation is 2. The molecule has 1 saturated heterocycles. The molecule has 2 rings (SSSR count). The van der Waals surface area contributed by atoms with Gasteiger partial charge in [0.15, 0.2) is 11.5 Å². The molecule has 1 aromatic carbocycles. The smallest absolute Gasteiger partial charge is 0.160 e. The number of hydrogen-bond donors (Lipinski definition) is 5. The number of aromatic hydroxyl groups is 2. The van der Waals surface area contributed by atoms with Crippen LogP contribution in [0.2, 0.25) is 0 Å². The number of benzene rings is 1. The quantitative estimate of drug-likeness (QED) is 0.407. The fourth-order valence-electron chi connectivity index (χ4n) is 2.87. The summed E-state index contributed by atoms with van der Waals surface area (Å²) in [5, 5.41) is 49.5. The van der Waals surface area contributed by atoms with E-state index in [1.54, 1.807) is 26.0 Å². The number of rotatable bonds is 4. The Bertz CT molecular complexity index is 632. The first kappa shape index (κ1) is 18.6. The van der Waals surface area contributed by atoms with Gasteiger partial charge >= 0.3 is 0 Å². The molecule has 0 bridgehead atoms. The minimum Gasteiger partial charge on any atom is -0.504 e. The van der Waals surface area contributed by atoms with E-state index in [9.17, 15) is 25.5 Å². The van der Waals surface area contributed by atoms with Crippen LogP contribution in [0.5, 0.6) is 11.5 Å². The van der Waals surface area contributed by atoms with Crippen molar-refractivity contribution in [2.75, 3.05) is 0 Å². The van der Waals surface area contributed by atoms with E-state index in [-0.39, 0.29) is 11.5 Å². The first-order chi connectivity index (χ1) is 11.4. The van der Waals surface area contributed by atoms with E-state index in [0.29, 0.717) is 30.4 Å². The number of aliphatic hydroxyl groups is 3. The van der Waals surface area contributed by atoms with Crippen LogP contribution >= 0.6 is 0 Å². The van der Waals surface area contributed by atoms with E-state index in [1.807, 2.05) is 0 Å². The molecular formula is C18H24O6. The van der Waals surface area contributed by atoms with Crippen molar-refractivity contribution in [3.05, 3.63) is 23.3 Å². The van der Waals surface area contributed by atoms with E-state index >= 15 is 0 Å². The summed E-state index contributed by atoms with van der Waals surface area (Å²) in [5.41, 5.74) is 1.20. The normalized spacial score (nSPS) is 29.8. The summed E-state index contributed by atoms with van der Waals surface area (Å²) >= 11 is 0. The molecule has 0 aliphatic carbocycles. The molecule has 5 atom stereocenters. The van der Waals surface area contributed by atoms with Gasteiger partial charge in [-0.25, -0.2) is 0 Å². The number of hydrogen-bond acceptors (Lipinski definition) is 6. The van der Waals surface area contributed by atoms with Crippen molar-refractivity contribution in [3.63, 3.8) is 0 Å². The highest BCUT2D eigenvalue weighted by molar-refractivity contribution is 5.49. The van der Waals surface area contributed by atoms with Crippen molar-refractivity contribution in [2.45, 2.75) is 63.6 Å². The Kier molecular flexibility index (Phi) is 6.08. The Morgan fingerprint density at radius 1 is 1.04 bits per heavy atom. The molecular weight excluding hydrogens is 312 g/mol. The van der Waals surface area contributed by atoms with Gasteiger partial charge < -0.3 is 30.3 Å². The van der Waals surface area contributed by atoms with Crippen LogP contribution in [0.15, 0.2) is 12.1 Å². The van der Waals surface area contributed by atoms with Gasteiger partial charge in [0.2, 0.25) is 0 Å². The fourth-order valence-corrected chi connectivity index (χ4v) is 2.87. The summed E-state index contributed by atoms with van der Waals surface area (Å²) in [6, 6.07) is 3.47. The van der Waals surface area contributed by atoms with Crippen LogP contribution < -0.4 is 0 Å². The second-order valence-corrected chi connectivity index (χ2v) is 6.09. The molecule has 0 amide bonds. The standard InChI is InChI=1S/C18H24O6/c1-3-5-12-16(21)18(23)17(22)13(24-12)7-4-6-11-9-8-10(2)14(19)15(11)20/h8-9,12-13,16-23H,4,6-7H2,1-2H3. The molecule has 0 radical (unpaired) electrons. The van der Waals surface area contributed by atoms with Crippen molar-refractivity contribution < 1.29 is 30.3 Å². The van der Waals surface area contributed by atoms with Crippen LogP contribution in [0.4, 0.5) is 0 Å². The van der Waals surface area contributed by atoms with E-state index in [2.05, 4.69) is 11.8 Å². The fraction of sp³-hybridized carbons (Fsp3) is 0.556. The highest BCUT2D eigenvalue weighted by Gasteiger charge is 2.42. The van der Waals surface area contributed by atoms with Crippen molar-refractivity contribution in [1.82, 2.24) is 0 Å². The van der Waals surface area contributed by atoms with Crippen LogP contribution in [-0.2, 0) is 11.2 Å². The Morgan fingerprint density at radius 3 is 2.42 bits per heavy atom. The highest BCUT2D eigenvalue weighted by Crippen LogP contribution is 2.33. The molecule has 0 aromatic heterocycles. The van der Waals surface area contributed by atoms with Gasteiger partial charge in [-0.1, -0.05) is 18.1 Å². The number of aliphatic hydroxyl groups excluding tert-OH is 3. The predicted octanol–water partition coefficient (Wildman–Crippen LogP) is 0.602. The zero-order valence-electron chi connectivity index (χ0n) is 13.8. The average molecular weight is 336 g/mol. The molecule has 1 aromatic rings. The largest absolute Gasteiger partial charge is 0.504 e. The van der Waals surface area contributed by atoms with E-state index in [1.165, 1.54) is 0 Å². The van der Waals surface area contributed by atoms with E-state index in [0.717, 1.165) is 0 Å². The summed E-state index contributed by atoms with van der Waals surface area (Å²) in [4.78, 5) is 0. The number of ether oxygens (including phenoxy) is 1. The summed E-state index contributed by atoms with van der Waals surface area (Å²) < 4.78 is 5.59. The summed E-state index contributed by atoms with van der Waals surface area (Å²) in [5.74, 6) is 5.06. The van der Waals surface area contributed by atoms with Gasteiger partial charge in [-0.15, -0.1) is 5.92 Å². The van der Waals surface area contributed by atoms with Crippen LogP contribution in [0, 0.1) is 18.8 Å². The second-order valence-electron chi connectivity index (χ2n) is 6.09. The Labute approximate surface area is 141 Å². The molecule has 1 aliphatic rings. The minimum atomic E-state index is -1.31. The lowest BCUT2D eigenvalue weighted by atomic mass is 9.91. The van der Waals surface area contributed by atoms with Crippen molar-refractivity contribution >= 4 is 0 Å². The molecule has 0 saturated carbocycles. The van der Waals surface area contributed by atoms with Gasteiger partial charge in [-0.3, -0.25) is 0 Å². The first-order valence-electron chi connectivity index (χ1n) is 7.99. The van der Waals surface area contributed by atoms with E-state index < -0.39 is 30.5 Å². The maximum Gasteiger partial charge on any atom is 0.160 e. The van der Waals surface area contributed by atoms with Gasteiger partial charge in [0, 0.05) is 0 Å². The lowest BCUT2D eigenvalue weighted by molar-refractivity contribution is -0.208. The molecule has 6 heteroatoms. The van der Waals surface area contributed by atoms with Crippen molar-refractivity contribution in [2.24, 2.45) is 0 Å². The lowest BCUT2D eigenvalue weighted by Gasteiger charge is -2.38. The summed E-state index contributed by atoms with van der Waals surface area (Å²) in [6.07, 6.45) is -3.79. The van der Waals surface area contributed by atoms with Gasteiger partial charge in [0.1, 0.15) is 24.4 Å². The van der Waals surface area contributed by atoms with Crippen molar-refractivity contribution in [3.8, 4) is 23.3 Å². The molecule has 1 aliphatic heterocycles. The monoisotopic (exact) mass is 336 g/mol. The van der Waals surface area contributed by atoms with Gasteiger partial charge in [-0.2, -0.15) is 0 Å². The maximum atomic E-state index is 10.1. The minimum absolute atomic E-state index is 0.127. The highest BCUT2D eigenvalue weighted by atomic mass is 16.5. The second kappa shape index (κ2) is 7.86. The third-order valence-electron chi connectivity index (χ3n) is 4.37. The third-order valence-corrected chi connectivity index (χ3v) is 4.37. The molecule has 5 N–H and O–H groups in total. The first-order valence-corrected chi connectivity index (χ1v) is 7.99. The molecule has 24 heavy (non-hydrogen) atoms. The Morgan fingerprint density at radius 2 is 1.75 bits per heavy atom. The Balaban J connectivity index is 1.98. The van der Waals surface area contributed by atoms with Crippen LogP contribution in [0.1, 0.15) is 30.9 Å². The van der Waals surface area contributed by atoms with Gasteiger partial charge in [0.25, 0.3) is 0 Å². The topological polar surface area (TPSA) is 110 Å². The van der Waals surface area contributed by atoms with Gasteiger partial charge in [-0.05, 0) is 44.2 Å². The predicted molar refractivity (Wildman–Crippen MR) is 87.6 cm³/mol. The third kappa shape index (κ3) is 3.82. The number of phenols is 2. The zero-order chi connectivity index (χ0) is 17.9. The summed E-state index contributed by atoms with van der Waals surface area (Å²) in [6.45, 7) is 3.31. The molecule has 1 fully saturated rings. The molecule has 132 valence electrons. The SMILES string of the molecule is CC#CC1OC(CCCc2ccc(C)c(O)c2O)C(O)C(O)C1O. The van der Waals surface area contributed by atoms with Crippen LogP contribution in [0.3, 0.4) is 0 Å². The summed E-state index contributed by atoms with van der Waals surface area (Å²) in [7, 11) is 0. The van der Waals surface area contributed by atoms with Crippen LogP contribution in [-0.4, -0.2) is 56.1 Å². The average Bonchev–Trinajstić information content (AvgIpc) is 2.57.